The molecule has 1 saturated carbocycles. The van der Waals surface area contributed by atoms with E-state index in [0.29, 0.717) is 28.3 Å². The normalized spacial score (nSPS) is 24.7. The number of aliphatic hydroxyl groups excluding tert-OH is 2. The van der Waals surface area contributed by atoms with E-state index in [9.17, 15) is 24.8 Å². The van der Waals surface area contributed by atoms with Gasteiger partial charge in [0, 0.05) is 28.9 Å². The van der Waals surface area contributed by atoms with Crippen LogP contribution in [0.25, 0.3) is 10.8 Å². The van der Waals surface area contributed by atoms with Gasteiger partial charge in [-0.1, -0.05) is 25.5 Å². The number of non-ortho nitro benzene ring substituents is 1. The van der Waals surface area contributed by atoms with Gasteiger partial charge in [-0.05, 0) is 61.8 Å². The molecule has 1 saturated heterocycles. The molecular weight excluding hydrogens is 508 g/mol. The maximum absolute atomic E-state index is 12.3. The number of nitro benzene ring substituents is 1. The highest BCUT2D eigenvalue weighted by Gasteiger charge is 2.61. The third-order valence-corrected chi connectivity index (χ3v) is 8.46. The van der Waals surface area contributed by atoms with Crippen LogP contribution in [0.2, 0.25) is 0 Å². The van der Waals surface area contributed by atoms with Gasteiger partial charge < -0.3 is 19.8 Å². The highest BCUT2D eigenvalue weighted by molar-refractivity contribution is 7.80. The minimum Gasteiger partial charge on any atom is -0.464 e. The Morgan fingerprint density at radius 3 is 2.58 bits per heavy atom. The predicted molar refractivity (Wildman–Crippen MR) is 145 cm³/mol. The molecule has 2 aliphatic heterocycles. The summed E-state index contributed by atoms with van der Waals surface area (Å²) in [4.78, 5) is 37.4. The van der Waals surface area contributed by atoms with Crippen molar-refractivity contribution in [2.45, 2.75) is 63.5 Å². The van der Waals surface area contributed by atoms with Crippen LogP contribution >= 0.6 is 12.6 Å². The third kappa shape index (κ3) is 4.58. The fourth-order valence-corrected chi connectivity index (χ4v) is 6.79. The van der Waals surface area contributed by atoms with Gasteiger partial charge in [-0.3, -0.25) is 14.9 Å². The molecule has 2 N–H and O–H groups in total. The number of ether oxygens (including phenoxy) is 1. The molecule has 2 aromatic rings. The Hall–Kier alpha value is -2.95. The van der Waals surface area contributed by atoms with Gasteiger partial charge in [-0.2, -0.15) is 0 Å². The standard InChI is InChI=1S/C15H21NO4.C13H13NO3S/c1-7-5-4-6-9-10(7)13(15(19)20-3)16-12(9)11(8(2)17)14(16)18;1-8-2-4-10(14(16)17)13-9(6-7-15)3-5-11(18)12(8)13/h7-9,11-12,17H,4-6H2,1-3H3;2-5,15,18H,6-7H2,1H3. The van der Waals surface area contributed by atoms with E-state index in [1.807, 2.05) is 13.0 Å². The van der Waals surface area contributed by atoms with Gasteiger partial charge in [0.15, 0.2) is 0 Å². The number of methoxy groups -OCH3 is 1. The summed E-state index contributed by atoms with van der Waals surface area (Å²) in [5, 5.41) is 31.4. The van der Waals surface area contributed by atoms with Crippen LogP contribution in [-0.4, -0.2) is 57.8 Å². The fourth-order valence-electron chi connectivity index (χ4n) is 6.43. The zero-order valence-corrected chi connectivity index (χ0v) is 22.9. The van der Waals surface area contributed by atoms with Gasteiger partial charge in [0.25, 0.3) is 5.69 Å². The summed E-state index contributed by atoms with van der Waals surface area (Å²) < 4.78 is 4.87. The van der Waals surface area contributed by atoms with Crippen LogP contribution in [0, 0.1) is 34.8 Å². The Labute approximate surface area is 227 Å². The number of esters is 1. The molecule has 5 unspecified atom stereocenters. The number of thiol groups is 1. The average molecular weight is 543 g/mol. The molecule has 10 heteroatoms. The number of aryl methyl sites for hydroxylation is 1. The number of rotatable bonds is 5. The van der Waals surface area contributed by atoms with E-state index in [2.05, 4.69) is 19.6 Å². The molecule has 38 heavy (non-hydrogen) atoms. The van der Waals surface area contributed by atoms with Crippen LogP contribution in [0.15, 0.2) is 40.4 Å². The Kier molecular flexibility index (Phi) is 8.15. The minimum absolute atomic E-state index is 0.0356. The van der Waals surface area contributed by atoms with E-state index < -0.39 is 17.0 Å². The second-order valence-electron chi connectivity index (χ2n) is 10.3. The lowest BCUT2D eigenvalue weighted by atomic mass is 9.70. The van der Waals surface area contributed by atoms with Gasteiger partial charge in [0.2, 0.25) is 5.91 Å². The maximum Gasteiger partial charge on any atom is 0.354 e. The zero-order chi connectivity index (χ0) is 27.9. The molecule has 9 nitrogen and oxygen atoms in total. The van der Waals surface area contributed by atoms with E-state index in [1.54, 1.807) is 24.0 Å². The average Bonchev–Trinajstić information content (AvgIpc) is 3.17. The van der Waals surface area contributed by atoms with Crippen molar-refractivity contribution in [3.63, 3.8) is 0 Å². The molecule has 5 rings (SSSR count). The number of carbonyl (C=O) groups is 2. The number of amides is 1. The highest BCUT2D eigenvalue weighted by atomic mass is 32.1. The largest absolute Gasteiger partial charge is 0.464 e. The van der Waals surface area contributed by atoms with E-state index in [4.69, 9.17) is 9.84 Å². The third-order valence-electron chi connectivity index (χ3n) is 8.09. The van der Waals surface area contributed by atoms with E-state index in [-0.39, 0.29) is 36.1 Å². The number of hydrogen-bond donors (Lipinski definition) is 3. The molecule has 2 heterocycles. The number of benzene rings is 2. The molecule has 2 fully saturated rings. The smallest absolute Gasteiger partial charge is 0.354 e. The van der Waals surface area contributed by atoms with Crippen molar-refractivity contribution in [2.24, 2.45) is 17.8 Å². The second kappa shape index (κ2) is 11.0. The first kappa shape index (κ1) is 28.1. The fraction of sp³-hybridized carbons (Fsp3) is 0.500. The number of aliphatic hydroxyl groups is 2. The van der Waals surface area contributed by atoms with E-state index in [0.717, 1.165) is 41.3 Å². The SMILES string of the molecule is COC(=O)C1=C2C(C)CCCC2C2C(C(C)O)C(=O)N12.Cc1ccc([N+](=O)[O-])c2c(CCO)ccc(S)c12. The molecule has 1 aliphatic carbocycles. The first-order valence-electron chi connectivity index (χ1n) is 12.9. The maximum atomic E-state index is 12.3. The molecule has 0 bridgehead atoms. The van der Waals surface area contributed by atoms with Crippen molar-refractivity contribution in [3.8, 4) is 0 Å². The number of nitrogens with zero attached hydrogens (tertiary/aromatic N) is 2. The quantitative estimate of drug-likeness (QED) is 0.171. The van der Waals surface area contributed by atoms with Gasteiger partial charge >= 0.3 is 5.97 Å². The van der Waals surface area contributed by atoms with Crippen LogP contribution in [0.4, 0.5) is 5.69 Å². The van der Waals surface area contributed by atoms with Crippen LogP contribution in [0.1, 0.15) is 44.2 Å². The van der Waals surface area contributed by atoms with Crippen LogP contribution in [0.3, 0.4) is 0 Å². The van der Waals surface area contributed by atoms with Gasteiger partial charge in [-0.15, -0.1) is 12.6 Å². The number of fused-ring (bicyclic) bond motifs is 4. The molecule has 1 amide bonds. The number of carbonyl (C=O) groups excluding carboxylic acids is 2. The first-order valence-corrected chi connectivity index (χ1v) is 13.3. The summed E-state index contributed by atoms with van der Waals surface area (Å²) in [6.45, 7) is 5.63. The molecule has 0 aromatic heterocycles. The van der Waals surface area contributed by atoms with Crippen molar-refractivity contribution in [1.82, 2.24) is 4.90 Å². The second-order valence-corrected chi connectivity index (χ2v) is 10.8. The van der Waals surface area contributed by atoms with Gasteiger partial charge in [-0.25, -0.2) is 4.79 Å². The Morgan fingerprint density at radius 1 is 1.26 bits per heavy atom. The van der Waals surface area contributed by atoms with Crippen molar-refractivity contribution in [2.75, 3.05) is 13.7 Å². The first-order chi connectivity index (χ1) is 18.0. The molecule has 3 aliphatic rings. The van der Waals surface area contributed by atoms with E-state index in [1.165, 1.54) is 13.2 Å². The lowest BCUT2D eigenvalue weighted by Crippen LogP contribution is -2.64. The van der Waals surface area contributed by atoms with Crippen molar-refractivity contribution in [1.29, 1.82) is 0 Å². The molecular formula is C28H34N2O7S. The summed E-state index contributed by atoms with van der Waals surface area (Å²) in [6.07, 6.45) is 2.86. The topological polar surface area (TPSA) is 130 Å². The van der Waals surface area contributed by atoms with Crippen LogP contribution in [0.5, 0.6) is 0 Å². The number of β-lactam (4-membered cyclic amide) rings is 1. The molecule has 204 valence electrons. The number of nitro groups is 1. The summed E-state index contributed by atoms with van der Waals surface area (Å²) in [5.74, 6) is -0.415. The Morgan fingerprint density at radius 2 is 1.97 bits per heavy atom. The zero-order valence-electron chi connectivity index (χ0n) is 22.0. The highest BCUT2D eigenvalue weighted by Crippen LogP contribution is 2.53. The van der Waals surface area contributed by atoms with Crippen LogP contribution < -0.4 is 0 Å². The summed E-state index contributed by atoms with van der Waals surface area (Å²) in [7, 11) is 1.35. The van der Waals surface area contributed by atoms with Crippen molar-refractivity contribution >= 4 is 41.0 Å². The lowest BCUT2D eigenvalue weighted by molar-refractivity contribution is -0.383. The molecule has 5 atom stereocenters. The van der Waals surface area contributed by atoms with Gasteiger partial charge in [0.05, 0.1) is 35.5 Å². The summed E-state index contributed by atoms with van der Waals surface area (Å²) >= 11 is 4.37. The molecule has 0 radical (unpaired) electrons. The monoisotopic (exact) mass is 542 g/mol. The molecule has 2 aromatic carbocycles. The Bertz CT molecular complexity index is 1310. The van der Waals surface area contributed by atoms with Crippen molar-refractivity contribution in [3.05, 3.63) is 56.8 Å². The summed E-state index contributed by atoms with van der Waals surface area (Å²) in [6, 6.07) is 6.78. The number of hydrogen-bond acceptors (Lipinski definition) is 8. The van der Waals surface area contributed by atoms with Crippen LogP contribution in [-0.2, 0) is 20.7 Å². The lowest BCUT2D eigenvalue weighted by Gasteiger charge is -2.47. The van der Waals surface area contributed by atoms with Gasteiger partial charge in [0.1, 0.15) is 5.70 Å². The van der Waals surface area contributed by atoms with E-state index >= 15 is 0 Å². The Balaban J connectivity index is 0.000000178. The predicted octanol–water partition coefficient (Wildman–Crippen LogP) is 3.95. The summed E-state index contributed by atoms with van der Waals surface area (Å²) in [5.41, 5.74) is 3.32. The minimum atomic E-state index is -0.667. The molecule has 0 spiro atoms. The van der Waals surface area contributed by atoms with Crippen molar-refractivity contribution < 1.29 is 29.5 Å².